The Hall–Kier alpha value is -1.35. The van der Waals surface area contributed by atoms with E-state index >= 15 is 0 Å². The highest BCUT2D eigenvalue weighted by molar-refractivity contribution is 9.10. The Balaban J connectivity index is 2.10. The minimum Gasteiger partial charge on any atom is -0.325 e. The number of anilines is 1. The Morgan fingerprint density at radius 3 is 2.48 bits per heavy atom. The number of nitrogens with zero attached hydrogens (tertiary/aromatic N) is 1. The number of nitrogens with one attached hydrogen (secondary N) is 1. The number of sulfonamides is 1. The van der Waals surface area contributed by atoms with E-state index < -0.39 is 10.0 Å². The molecule has 1 amide bonds. The van der Waals surface area contributed by atoms with Gasteiger partial charge in [0.05, 0.1) is 10.1 Å². The van der Waals surface area contributed by atoms with Crippen molar-refractivity contribution in [1.29, 1.82) is 0 Å². The van der Waals surface area contributed by atoms with Crippen LogP contribution in [0.1, 0.15) is 6.92 Å². The van der Waals surface area contributed by atoms with Crippen LogP contribution in [0.2, 0.25) is 0 Å². The lowest BCUT2D eigenvalue weighted by atomic mass is 10.3. The molecule has 0 aliphatic heterocycles. The Morgan fingerprint density at radius 1 is 1.16 bits per heavy atom. The van der Waals surface area contributed by atoms with E-state index in [9.17, 15) is 13.2 Å². The summed E-state index contributed by atoms with van der Waals surface area (Å²) in [6.07, 6.45) is 0. The Labute approximate surface area is 161 Å². The van der Waals surface area contributed by atoms with Gasteiger partial charge in [-0.1, -0.05) is 28.1 Å². The smallest absolute Gasteiger partial charge is 0.242 e. The maximum Gasteiger partial charge on any atom is 0.242 e. The van der Waals surface area contributed by atoms with Crippen LogP contribution in [0, 0.1) is 0 Å². The van der Waals surface area contributed by atoms with Gasteiger partial charge in [-0.2, -0.15) is 0 Å². The Morgan fingerprint density at radius 2 is 1.84 bits per heavy atom. The number of hydrogen-bond acceptors (Lipinski definition) is 4. The minimum atomic E-state index is -3.54. The second kappa shape index (κ2) is 8.35. The van der Waals surface area contributed by atoms with Crippen LogP contribution >= 0.6 is 27.7 Å². The zero-order valence-electron chi connectivity index (χ0n) is 14.1. The monoisotopic (exact) mass is 442 g/mol. The lowest BCUT2D eigenvalue weighted by Crippen LogP contribution is -2.24. The minimum absolute atomic E-state index is 0.141. The van der Waals surface area contributed by atoms with E-state index in [0.29, 0.717) is 5.69 Å². The van der Waals surface area contributed by atoms with Crippen LogP contribution < -0.4 is 5.32 Å². The molecule has 0 aliphatic rings. The maximum absolute atomic E-state index is 12.4. The number of carbonyl (C=O) groups is 1. The summed E-state index contributed by atoms with van der Waals surface area (Å²) >= 11 is 4.84. The molecule has 5 nitrogen and oxygen atoms in total. The predicted molar refractivity (Wildman–Crippen MR) is 105 cm³/mol. The van der Waals surface area contributed by atoms with Gasteiger partial charge in [0.15, 0.2) is 0 Å². The molecule has 134 valence electrons. The summed E-state index contributed by atoms with van der Waals surface area (Å²) in [6, 6.07) is 14.0. The molecular formula is C17H19BrN2O3S2. The van der Waals surface area contributed by atoms with Crippen LogP contribution in [0.3, 0.4) is 0 Å². The first-order chi connectivity index (χ1) is 11.7. The van der Waals surface area contributed by atoms with Crippen molar-refractivity contribution in [2.45, 2.75) is 22.0 Å². The molecule has 25 heavy (non-hydrogen) atoms. The van der Waals surface area contributed by atoms with Crippen molar-refractivity contribution in [3.8, 4) is 0 Å². The molecule has 0 saturated carbocycles. The topological polar surface area (TPSA) is 66.5 Å². The van der Waals surface area contributed by atoms with Crippen molar-refractivity contribution in [2.75, 3.05) is 19.4 Å². The van der Waals surface area contributed by atoms with Crippen molar-refractivity contribution in [3.05, 3.63) is 53.0 Å². The second-order valence-electron chi connectivity index (χ2n) is 5.52. The van der Waals surface area contributed by atoms with Crippen LogP contribution in [0.5, 0.6) is 0 Å². The maximum atomic E-state index is 12.4. The summed E-state index contributed by atoms with van der Waals surface area (Å²) < 4.78 is 26.5. The molecule has 1 unspecified atom stereocenters. The van der Waals surface area contributed by atoms with Gasteiger partial charge in [0, 0.05) is 29.2 Å². The second-order valence-corrected chi connectivity index (χ2v) is 10.0. The molecular weight excluding hydrogens is 424 g/mol. The standard InChI is InChI=1S/C17H19BrN2O3S2/c1-12(24-15-8-4-6-13(18)10-15)17(21)19-14-7-5-9-16(11-14)25(22,23)20(2)3/h4-12H,1-3H3,(H,19,21). The van der Waals surface area contributed by atoms with Crippen LogP contribution in [0.4, 0.5) is 5.69 Å². The highest BCUT2D eigenvalue weighted by atomic mass is 79.9. The van der Waals surface area contributed by atoms with Crippen molar-refractivity contribution >= 4 is 49.3 Å². The lowest BCUT2D eigenvalue weighted by Gasteiger charge is -2.14. The van der Waals surface area contributed by atoms with Gasteiger partial charge in [-0.3, -0.25) is 4.79 Å². The van der Waals surface area contributed by atoms with Gasteiger partial charge in [0.2, 0.25) is 15.9 Å². The van der Waals surface area contributed by atoms with Gasteiger partial charge >= 0.3 is 0 Å². The summed E-state index contributed by atoms with van der Waals surface area (Å²) in [7, 11) is -0.598. The van der Waals surface area contributed by atoms with Crippen LogP contribution in [0.15, 0.2) is 62.8 Å². The molecule has 2 aromatic carbocycles. The highest BCUT2D eigenvalue weighted by Crippen LogP contribution is 2.27. The third kappa shape index (κ3) is 5.31. The average Bonchev–Trinajstić information content (AvgIpc) is 2.54. The SMILES string of the molecule is CC(Sc1cccc(Br)c1)C(=O)Nc1cccc(S(=O)(=O)N(C)C)c1. The number of benzene rings is 2. The predicted octanol–water partition coefficient (Wildman–Crippen LogP) is 3.82. The van der Waals surface area contributed by atoms with E-state index in [1.807, 2.05) is 24.3 Å². The quantitative estimate of drug-likeness (QED) is 0.690. The molecule has 1 N–H and O–H groups in total. The van der Waals surface area contributed by atoms with E-state index in [2.05, 4.69) is 21.2 Å². The third-order valence-corrected chi connectivity index (χ3v) is 6.76. The normalized spacial score (nSPS) is 12.8. The number of amides is 1. The molecule has 1 atom stereocenters. The van der Waals surface area contributed by atoms with E-state index in [1.165, 1.54) is 38.0 Å². The molecule has 0 fully saturated rings. The number of carbonyl (C=O) groups excluding carboxylic acids is 1. The molecule has 0 radical (unpaired) electrons. The first-order valence-corrected chi connectivity index (χ1v) is 10.6. The molecule has 2 aromatic rings. The van der Waals surface area contributed by atoms with Gasteiger partial charge < -0.3 is 5.32 Å². The molecule has 8 heteroatoms. The van der Waals surface area contributed by atoms with Crippen molar-refractivity contribution < 1.29 is 13.2 Å². The lowest BCUT2D eigenvalue weighted by molar-refractivity contribution is -0.115. The van der Waals surface area contributed by atoms with E-state index in [4.69, 9.17) is 0 Å². The van der Waals surface area contributed by atoms with Crippen molar-refractivity contribution in [3.63, 3.8) is 0 Å². The number of halogens is 1. The van der Waals surface area contributed by atoms with Crippen LogP contribution in [-0.4, -0.2) is 38.0 Å². The van der Waals surface area contributed by atoms with Crippen molar-refractivity contribution in [1.82, 2.24) is 4.31 Å². The summed E-state index contributed by atoms with van der Waals surface area (Å²) in [5.74, 6) is -0.190. The Kier molecular flexibility index (Phi) is 6.67. The van der Waals surface area contributed by atoms with Gasteiger partial charge in [0.1, 0.15) is 0 Å². The Bertz CT molecular complexity index is 870. The zero-order chi connectivity index (χ0) is 18.6. The molecule has 0 aromatic heterocycles. The fraction of sp³-hybridized carbons (Fsp3) is 0.235. The molecule has 0 spiro atoms. The fourth-order valence-corrected chi connectivity index (χ4v) is 4.41. The third-order valence-electron chi connectivity index (χ3n) is 3.36. The number of hydrogen-bond donors (Lipinski definition) is 1. The zero-order valence-corrected chi connectivity index (χ0v) is 17.3. The van der Waals surface area contributed by atoms with Gasteiger partial charge in [-0.15, -0.1) is 11.8 Å². The van der Waals surface area contributed by atoms with Crippen LogP contribution in [0.25, 0.3) is 0 Å². The van der Waals surface area contributed by atoms with Crippen molar-refractivity contribution in [2.24, 2.45) is 0 Å². The van der Waals surface area contributed by atoms with Gasteiger partial charge in [0.25, 0.3) is 0 Å². The van der Waals surface area contributed by atoms with Gasteiger partial charge in [-0.25, -0.2) is 12.7 Å². The first-order valence-electron chi connectivity index (χ1n) is 7.46. The summed E-state index contributed by atoms with van der Waals surface area (Å²) in [5, 5.41) is 2.44. The first kappa shape index (κ1) is 20.0. The fourth-order valence-electron chi connectivity index (χ4n) is 1.99. The number of rotatable bonds is 6. The molecule has 0 aliphatic carbocycles. The molecule has 0 heterocycles. The summed E-state index contributed by atoms with van der Waals surface area (Å²) in [5.41, 5.74) is 0.453. The highest BCUT2D eigenvalue weighted by Gasteiger charge is 2.19. The average molecular weight is 443 g/mol. The van der Waals surface area contributed by atoms with E-state index in [0.717, 1.165) is 13.7 Å². The molecule has 0 saturated heterocycles. The summed E-state index contributed by atoms with van der Waals surface area (Å²) in [6.45, 7) is 1.81. The van der Waals surface area contributed by atoms with E-state index in [-0.39, 0.29) is 16.1 Å². The number of thioether (sulfide) groups is 1. The largest absolute Gasteiger partial charge is 0.325 e. The van der Waals surface area contributed by atoms with Gasteiger partial charge in [-0.05, 0) is 43.3 Å². The molecule has 0 bridgehead atoms. The van der Waals surface area contributed by atoms with E-state index in [1.54, 1.807) is 19.1 Å². The van der Waals surface area contributed by atoms with Crippen LogP contribution in [-0.2, 0) is 14.8 Å². The molecule has 2 rings (SSSR count). The summed E-state index contributed by atoms with van der Waals surface area (Å²) in [4.78, 5) is 13.5.